The zero-order valence-corrected chi connectivity index (χ0v) is 13.5. The minimum atomic E-state index is -0.209. The summed E-state index contributed by atoms with van der Waals surface area (Å²) in [7, 11) is 0. The quantitative estimate of drug-likeness (QED) is 0.877. The summed E-state index contributed by atoms with van der Waals surface area (Å²) in [5.41, 5.74) is 1.86. The SMILES string of the molecule is CC(C)[C@H](NC(=O)NCc1ccccn1)c1ccc(Cl)cc1. The van der Waals surface area contributed by atoms with E-state index in [2.05, 4.69) is 29.5 Å². The number of hydrogen-bond donors (Lipinski definition) is 2. The molecule has 0 spiro atoms. The Morgan fingerprint density at radius 2 is 1.91 bits per heavy atom. The number of aromatic nitrogens is 1. The highest BCUT2D eigenvalue weighted by Crippen LogP contribution is 2.23. The van der Waals surface area contributed by atoms with E-state index in [0.29, 0.717) is 11.6 Å². The van der Waals surface area contributed by atoms with Crippen LogP contribution in [0.15, 0.2) is 48.7 Å². The van der Waals surface area contributed by atoms with Crippen LogP contribution < -0.4 is 10.6 Å². The number of carbonyl (C=O) groups excluding carboxylic acids is 1. The number of carbonyl (C=O) groups is 1. The third-order valence-electron chi connectivity index (χ3n) is 3.34. The van der Waals surface area contributed by atoms with Crippen molar-refractivity contribution in [1.29, 1.82) is 0 Å². The molecular formula is C17H20ClN3O. The van der Waals surface area contributed by atoms with Crippen LogP contribution in [-0.4, -0.2) is 11.0 Å². The lowest BCUT2D eigenvalue weighted by atomic mass is 9.96. The van der Waals surface area contributed by atoms with E-state index in [4.69, 9.17) is 11.6 Å². The molecule has 0 aliphatic heterocycles. The molecule has 2 amide bonds. The van der Waals surface area contributed by atoms with E-state index in [1.807, 2.05) is 42.5 Å². The van der Waals surface area contributed by atoms with E-state index in [0.717, 1.165) is 11.3 Å². The number of halogens is 1. The van der Waals surface area contributed by atoms with Crippen LogP contribution in [-0.2, 0) is 6.54 Å². The Hall–Kier alpha value is -2.07. The van der Waals surface area contributed by atoms with Crippen LogP contribution in [0.2, 0.25) is 5.02 Å². The molecule has 5 heteroatoms. The zero-order chi connectivity index (χ0) is 15.9. The van der Waals surface area contributed by atoms with E-state index in [-0.39, 0.29) is 18.0 Å². The molecule has 1 atom stereocenters. The Morgan fingerprint density at radius 3 is 2.50 bits per heavy atom. The molecule has 0 radical (unpaired) electrons. The summed E-state index contributed by atoms with van der Waals surface area (Å²) in [6.45, 7) is 4.54. The summed E-state index contributed by atoms with van der Waals surface area (Å²) < 4.78 is 0. The fourth-order valence-electron chi connectivity index (χ4n) is 2.17. The van der Waals surface area contributed by atoms with Crippen molar-refractivity contribution in [3.8, 4) is 0 Å². The maximum Gasteiger partial charge on any atom is 0.315 e. The summed E-state index contributed by atoms with van der Waals surface area (Å²) in [5.74, 6) is 0.266. The lowest BCUT2D eigenvalue weighted by Crippen LogP contribution is -2.39. The first-order valence-corrected chi connectivity index (χ1v) is 7.64. The van der Waals surface area contributed by atoms with E-state index in [9.17, 15) is 4.79 Å². The van der Waals surface area contributed by atoms with Gasteiger partial charge in [-0.3, -0.25) is 4.98 Å². The van der Waals surface area contributed by atoms with Gasteiger partial charge in [0, 0.05) is 11.2 Å². The molecule has 1 heterocycles. The van der Waals surface area contributed by atoms with Crippen molar-refractivity contribution in [2.75, 3.05) is 0 Å². The second-order valence-electron chi connectivity index (χ2n) is 5.42. The molecule has 22 heavy (non-hydrogen) atoms. The smallest absolute Gasteiger partial charge is 0.315 e. The lowest BCUT2D eigenvalue weighted by molar-refractivity contribution is 0.232. The minimum Gasteiger partial charge on any atom is -0.332 e. The number of amides is 2. The van der Waals surface area contributed by atoms with Crippen LogP contribution in [0.1, 0.15) is 31.1 Å². The molecule has 2 rings (SSSR count). The van der Waals surface area contributed by atoms with Crippen molar-refractivity contribution in [2.24, 2.45) is 5.92 Å². The first-order valence-electron chi connectivity index (χ1n) is 7.26. The maximum absolute atomic E-state index is 12.1. The van der Waals surface area contributed by atoms with E-state index in [1.54, 1.807) is 6.20 Å². The van der Waals surface area contributed by atoms with E-state index >= 15 is 0 Å². The normalized spacial score (nSPS) is 12.0. The second-order valence-corrected chi connectivity index (χ2v) is 5.86. The van der Waals surface area contributed by atoms with Crippen LogP contribution in [0.3, 0.4) is 0 Å². The lowest BCUT2D eigenvalue weighted by Gasteiger charge is -2.23. The molecule has 0 saturated heterocycles. The molecule has 1 aromatic heterocycles. The number of benzene rings is 1. The van der Waals surface area contributed by atoms with Crippen LogP contribution in [0, 0.1) is 5.92 Å². The molecule has 116 valence electrons. The number of rotatable bonds is 5. The standard InChI is InChI=1S/C17H20ClN3O/c1-12(2)16(13-6-8-14(18)9-7-13)21-17(22)20-11-15-5-3-4-10-19-15/h3-10,12,16H,11H2,1-2H3,(H2,20,21,22)/t16-/m0/s1. The topological polar surface area (TPSA) is 54.0 Å². The second kappa shape index (κ2) is 7.80. The monoisotopic (exact) mass is 317 g/mol. The van der Waals surface area contributed by atoms with Gasteiger partial charge < -0.3 is 10.6 Å². The van der Waals surface area contributed by atoms with Gasteiger partial charge in [-0.15, -0.1) is 0 Å². The Kier molecular flexibility index (Phi) is 5.78. The minimum absolute atomic E-state index is 0.0685. The predicted molar refractivity (Wildman–Crippen MR) is 88.6 cm³/mol. The molecule has 0 unspecified atom stereocenters. The van der Waals surface area contributed by atoms with Gasteiger partial charge in [0.05, 0.1) is 18.3 Å². The fraction of sp³-hybridized carbons (Fsp3) is 0.294. The number of nitrogens with one attached hydrogen (secondary N) is 2. The van der Waals surface area contributed by atoms with Crippen molar-refractivity contribution in [3.05, 3.63) is 64.9 Å². The Balaban J connectivity index is 1.96. The molecule has 2 aromatic rings. The summed E-state index contributed by atoms with van der Waals surface area (Å²) in [4.78, 5) is 16.3. The number of hydrogen-bond acceptors (Lipinski definition) is 2. The Morgan fingerprint density at radius 1 is 1.18 bits per heavy atom. The van der Waals surface area contributed by atoms with Gasteiger partial charge in [0.1, 0.15) is 0 Å². The third-order valence-corrected chi connectivity index (χ3v) is 3.59. The molecule has 4 nitrogen and oxygen atoms in total. The Labute approximate surface area is 135 Å². The van der Waals surface area contributed by atoms with Gasteiger partial charge in [-0.1, -0.05) is 43.6 Å². The van der Waals surface area contributed by atoms with Crippen molar-refractivity contribution >= 4 is 17.6 Å². The van der Waals surface area contributed by atoms with Gasteiger partial charge in [-0.25, -0.2) is 4.79 Å². The highest BCUT2D eigenvalue weighted by Gasteiger charge is 2.18. The van der Waals surface area contributed by atoms with Crippen LogP contribution in [0.5, 0.6) is 0 Å². The summed E-state index contributed by atoms with van der Waals surface area (Å²) in [6, 6.07) is 12.9. The largest absolute Gasteiger partial charge is 0.332 e. The summed E-state index contributed by atoms with van der Waals surface area (Å²) >= 11 is 5.91. The van der Waals surface area contributed by atoms with Crippen LogP contribution >= 0.6 is 11.6 Å². The van der Waals surface area contributed by atoms with Crippen molar-refractivity contribution < 1.29 is 4.79 Å². The van der Waals surface area contributed by atoms with Crippen molar-refractivity contribution in [3.63, 3.8) is 0 Å². The summed E-state index contributed by atoms with van der Waals surface area (Å²) in [5, 5.41) is 6.51. The van der Waals surface area contributed by atoms with Gasteiger partial charge in [-0.2, -0.15) is 0 Å². The van der Waals surface area contributed by atoms with Crippen LogP contribution in [0.25, 0.3) is 0 Å². The van der Waals surface area contributed by atoms with Gasteiger partial charge in [0.2, 0.25) is 0 Å². The van der Waals surface area contributed by atoms with E-state index < -0.39 is 0 Å². The molecule has 0 bridgehead atoms. The van der Waals surface area contributed by atoms with Crippen molar-refractivity contribution in [2.45, 2.75) is 26.4 Å². The average molecular weight is 318 g/mol. The summed E-state index contributed by atoms with van der Waals surface area (Å²) in [6.07, 6.45) is 1.71. The van der Waals surface area contributed by atoms with E-state index in [1.165, 1.54) is 0 Å². The van der Waals surface area contributed by atoms with Crippen molar-refractivity contribution in [1.82, 2.24) is 15.6 Å². The van der Waals surface area contributed by atoms with Gasteiger partial charge in [0.15, 0.2) is 0 Å². The molecule has 2 N–H and O–H groups in total. The predicted octanol–water partition coefficient (Wildman–Crippen LogP) is 3.93. The fourth-order valence-corrected chi connectivity index (χ4v) is 2.30. The molecule has 0 aliphatic carbocycles. The highest BCUT2D eigenvalue weighted by atomic mass is 35.5. The molecule has 1 aromatic carbocycles. The first-order chi connectivity index (χ1) is 10.6. The maximum atomic E-state index is 12.1. The van der Waals surface area contributed by atoms with Gasteiger partial charge in [-0.05, 0) is 35.7 Å². The molecule has 0 fully saturated rings. The number of nitrogens with zero attached hydrogens (tertiary/aromatic N) is 1. The third kappa shape index (κ3) is 4.74. The molecule has 0 aliphatic rings. The Bertz CT molecular complexity index is 599. The average Bonchev–Trinajstić information content (AvgIpc) is 2.52. The molecular weight excluding hydrogens is 298 g/mol. The zero-order valence-electron chi connectivity index (χ0n) is 12.7. The first kappa shape index (κ1) is 16.3. The highest BCUT2D eigenvalue weighted by molar-refractivity contribution is 6.30. The van der Waals surface area contributed by atoms with Gasteiger partial charge in [0.25, 0.3) is 0 Å². The van der Waals surface area contributed by atoms with Gasteiger partial charge >= 0.3 is 6.03 Å². The molecule has 0 saturated carbocycles. The van der Waals surface area contributed by atoms with Crippen LogP contribution in [0.4, 0.5) is 4.79 Å². The number of pyridine rings is 1. The number of urea groups is 1.